The second kappa shape index (κ2) is 9.36. The summed E-state index contributed by atoms with van der Waals surface area (Å²) in [6, 6.07) is 8.73. The minimum atomic E-state index is -0.465. The molecule has 0 atom stereocenters. The van der Waals surface area contributed by atoms with Gasteiger partial charge in [0, 0.05) is 85.0 Å². The third-order valence-electron chi connectivity index (χ3n) is 7.78. The van der Waals surface area contributed by atoms with Crippen molar-refractivity contribution >= 4 is 44.2 Å². The topological polar surface area (TPSA) is 104 Å². The number of ether oxygens (including phenoxy) is 1. The number of aromatic nitrogens is 3. The molecule has 10 heteroatoms. The first kappa shape index (κ1) is 23.1. The number of fused-ring (bicyclic) bond motifs is 2. The molecule has 0 unspecified atom stereocenters. The van der Waals surface area contributed by atoms with Gasteiger partial charge < -0.3 is 20.4 Å². The summed E-state index contributed by atoms with van der Waals surface area (Å²) < 4.78 is 5.62. The number of piperazine rings is 1. The molecule has 3 aliphatic rings. The monoisotopic (exact) mass is 517 g/mol. The smallest absolute Gasteiger partial charge is 0.248 e. The molecule has 4 aromatic rings. The molecule has 0 bridgehead atoms. The van der Waals surface area contributed by atoms with Crippen molar-refractivity contribution in [1.29, 1.82) is 0 Å². The van der Waals surface area contributed by atoms with Crippen molar-refractivity contribution < 1.29 is 9.53 Å². The van der Waals surface area contributed by atoms with Gasteiger partial charge in [-0.3, -0.25) is 14.6 Å². The number of rotatable bonds is 6. The normalized spacial score (nSPS) is 19.7. The van der Waals surface area contributed by atoms with Crippen LogP contribution in [0.15, 0.2) is 30.5 Å². The number of aromatic amines is 1. The molecule has 37 heavy (non-hydrogen) atoms. The van der Waals surface area contributed by atoms with Gasteiger partial charge in [0.15, 0.2) is 5.82 Å². The molecule has 1 aromatic carbocycles. The van der Waals surface area contributed by atoms with Gasteiger partial charge in [0.2, 0.25) is 5.91 Å². The van der Waals surface area contributed by atoms with E-state index in [1.54, 1.807) is 17.4 Å². The van der Waals surface area contributed by atoms with E-state index < -0.39 is 5.91 Å². The second-order valence-electron chi connectivity index (χ2n) is 10.3. The molecule has 0 radical (unpaired) electrons. The van der Waals surface area contributed by atoms with Crippen molar-refractivity contribution in [2.75, 3.05) is 57.4 Å². The van der Waals surface area contributed by atoms with Crippen molar-refractivity contribution in [3.8, 4) is 11.4 Å². The summed E-state index contributed by atoms with van der Waals surface area (Å²) in [6.45, 7) is 8.46. The lowest BCUT2D eigenvalue weighted by molar-refractivity contribution is 0.100. The van der Waals surface area contributed by atoms with Crippen LogP contribution in [-0.2, 0) is 11.3 Å². The van der Waals surface area contributed by atoms with Crippen LogP contribution in [0.1, 0.15) is 28.1 Å². The summed E-state index contributed by atoms with van der Waals surface area (Å²) in [5.41, 5.74) is 7.76. The van der Waals surface area contributed by atoms with Crippen molar-refractivity contribution in [3.63, 3.8) is 0 Å². The molecule has 2 saturated heterocycles. The number of primary amides is 1. The average Bonchev–Trinajstić information content (AvgIpc) is 3.52. The molecule has 3 aromatic heterocycles. The fraction of sp³-hybridized carbons (Fsp3) is 0.444. The van der Waals surface area contributed by atoms with Crippen LogP contribution in [-0.4, -0.2) is 89.2 Å². The van der Waals surface area contributed by atoms with Gasteiger partial charge in [-0.05, 0) is 37.1 Å². The van der Waals surface area contributed by atoms with Crippen molar-refractivity contribution in [2.24, 2.45) is 5.73 Å². The van der Waals surface area contributed by atoms with Gasteiger partial charge >= 0.3 is 0 Å². The molecule has 1 aliphatic carbocycles. The first-order valence-electron chi connectivity index (χ1n) is 13.1. The highest BCUT2D eigenvalue weighted by molar-refractivity contribution is 7.18. The fourth-order valence-corrected chi connectivity index (χ4v) is 6.68. The Kier molecular flexibility index (Phi) is 5.84. The molecule has 1 amide bonds. The molecular formula is C27H31N7O2S. The number of nitrogens with zero attached hydrogens (tertiary/aromatic N) is 5. The Labute approximate surface area is 219 Å². The number of carbonyl (C=O) groups is 1. The molecule has 192 valence electrons. The standard InChI is InChI=1S/C27H31N7O2S/c28-24(35)17-13-21(20-3-4-29-23(20)14-17)25-30-26(34-9-11-36-12-10-34)22-15-19(37-27(22)31-25)16-32-5-7-33(8-6-32)18-1-2-18/h3-4,13-15,18,29H,1-2,5-12,16H2,(H2,28,35). The molecule has 9 nitrogen and oxygen atoms in total. The number of amides is 1. The van der Waals surface area contributed by atoms with Crippen molar-refractivity contribution in [3.05, 3.63) is 40.9 Å². The van der Waals surface area contributed by atoms with Gasteiger partial charge in [-0.1, -0.05) is 0 Å². The van der Waals surface area contributed by atoms with Gasteiger partial charge in [0.05, 0.1) is 18.6 Å². The summed E-state index contributed by atoms with van der Waals surface area (Å²) in [5.74, 6) is 1.10. The number of anilines is 1. The maximum Gasteiger partial charge on any atom is 0.248 e. The third kappa shape index (κ3) is 4.48. The molecule has 2 aliphatic heterocycles. The summed E-state index contributed by atoms with van der Waals surface area (Å²) >= 11 is 1.75. The number of hydrogen-bond acceptors (Lipinski definition) is 8. The summed E-state index contributed by atoms with van der Waals surface area (Å²) in [5, 5.41) is 2.07. The first-order valence-corrected chi connectivity index (χ1v) is 13.9. The molecule has 0 spiro atoms. The molecular weight excluding hydrogens is 486 g/mol. The van der Waals surface area contributed by atoms with Gasteiger partial charge in [-0.2, -0.15) is 0 Å². The summed E-state index contributed by atoms with van der Waals surface area (Å²) in [6.07, 6.45) is 4.62. The molecule has 5 heterocycles. The quantitative estimate of drug-likeness (QED) is 0.405. The first-order chi connectivity index (χ1) is 18.1. The zero-order valence-corrected chi connectivity index (χ0v) is 21.6. The second-order valence-corrected chi connectivity index (χ2v) is 11.4. The minimum Gasteiger partial charge on any atom is -0.378 e. The minimum absolute atomic E-state index is 0.443. The Balaban J connectivity index is 1.28. The van der Waals surface area contributed by atoms with E-state index >= 15 is 0 Å². The van der Waals surface area contributed by atoms with Crippen LogP contribution in [0.25, 0.3) is 32.5 Å². The van der Waals surface area contributed by atoms with E-state index in [1.165, 1.54) is 30.8 Å². The Bertz CT molecular complexity index is 1460. The molecule has 3 N–H and O–H groups in total. The van der Waals surface area contributed by atoms with E-state index in [0.29, 0.717) is 24.6 Å². The van der Waals surface area contributed by atoms with Gasteiger partial charge in [0.1, 0.15) is 10.6 Å². The number of benzene rings is 1. The van der Waals surface area contributed by atoms with Crippen molar-refractivity contribution in [1.82, 2.24) is 24.8 Å². The Morgan fingerprint density at radius 2 is 1.86 bits per heavy atom. The van der Waals surface area contributed by atoms with E-state index in [2.05, 4.69) is 25.8 Å². The number of nitrogens with one attached hydrogen (secondary N) is 1. The summed E-state index contributed by atoms with van der Waals surface area (Å²) in [7, 11) is 0. The number of thiophene rings is 1. The van der Waals surface area contributed by atoms with E-state index in [9.17, 15) is 4.79 Å². The maximum atomic E-state index is 12.1. The highest BCUT2D eigenvalue weighted by Gasteiger charge is 2.31. The van der Waals surface area contributed by atoms with E-state index in [4.69, 9.17) is 20.4 Å². The zero-order chi connectivity index (χ0) is 24.9. The number of H-pyrrole nitrogens is 1. The van der Waals surface area contributed by atoms with E-state index in [0.717, 1.165) is 71.3 Å². The largest absolute Gasteiger partial charge is 0.378 e. The van der Waals surface area contributed by atoms with Crippen molar-refractivity contribution in [2.45, 2.75) is 25.4 Å². The number of nitrogens with two attached hydrogens (primary N) is 1. The third-order valence-corrected chi connectivity index (χ3v) is 8.79. The average molecular weight is 518 g/mol. The van der Waals surface area contributed by atoms with E-state index in [1.807, 2.05) is 18.3 Å². The van der Waals surface area contributed by atoms with Crippen LogP contribution in [0.2, 0.25) is 0 Å². The highest BCUT2D eigenvalue weighted by Crippen LogP contribution is 2.36. The van der Waals surface area contributed by atoms with Crippen LogP contribution in [0.4, 0.5) is 5.82 Å². The van der Waals surface area contributed by atoms with Crippen LogP contribution >= 0.6 is 11.3 Å². The number of carbonyl (C=O) groups excluding carboxylic acids is 1. The zero-order valence-electron chi connectivity index (χ0n) is 20.8. The van der Waals surface area contributed by atoms with E-state index in [-0.39, 0.29) is 0 Å². The number of morpholine rings is 1. The maximum absolute atomic E-state index is 12.1. The molecule has 1 saturated carbocycles. The lowest BCUT2D eigenvalue weighted by Crippen LogP contribution is -2.46. The fourth-order valence-electron chi connectivity index (χ4n) is 5.61. The highest BCUT2D eigenvalue weighted by atomic mass is 32.1. The lowest BCUT2D eigenvalue weighted by Gasteiger charge is -2.34. The predicted molar refractivity (Wildman–Crippen MR) is 146 cm³/mol. The van der Waals surface area contributed by atoms with Crippen LogP contribution in [0.5, 0.6) is 0 Å². The lowest BCUT2D eigenvalue weighted by atomic mass is 10.0. The molecule has 7 rings (SSSR count). The molecule has 3 fully saturated rings. The Hall–Kier alpha value is -3.05. The van der Waals surface area contributed by atoms with Gasteiger partial charge in [-0.25, -0.2) is 9.97 Å². The summed E-state index contributed by atoms with van der Waals surface area (Å²) in [4.78, 5) is 35.2. The van der Waals surface area contributed by atoms with Crippen LogP contribution < -0.4 is 10.6 Å². The number of hydrogen-bond donors (Lipinski definition) is 2. The Morgan fingerprint density at radius 3 is 2.62 bits per heavy atom. The van der Waals surface area contributed by atoms with Gasteiger partial charge in [-0.15, -0.1) is 11.3 Å². The van der Waals surface area contributed by atoms with Crippen LogP contribution in [0, 0.1) is 0 Å². The Morgan fingerprint density at radius 1 is 1.05 bits per heavy atom. The van der Waals surface area contributed by atoms with Crippen LogP contribution in [0.3, 0.4) is 0 Å². The SMILES string of the molecule is NC(=O)c1cc(-c2nc(N3CCOCC3)c3cc(CN4CCN(C5CC5)CC4)sc3n2)c2cc[nH]c2c1. The van der Waals surface area contributed by atoms with Gasteiger partial charge in [0.25, 0.3) is 0 Å². The predicted octanol–water partition coefficient (Wildman–Crippen LogP) is 3.06.